The Labute approximate surface area is 226 Å². The van der Waals surface area contributed by atoms with E-state index in [0.29, 0.717) is 49.1 Å². The van der Waals surface area contributed by atoms with Gasteiger partial charge in [-0.25, -0.2) is 14.8 Å². The molecule has 1 aromatic heterocycles. The van der Waals surface area contributed by atoms with Gasteiger partial charge in [0.2, 0.25) is 5.95 Å². The Hall–Kier alpha value is -4.25. The van der Waals surface area contributed by atoms with E-state index in [1.54, 1.807) is 28.0 Å². The number of rotatable bonds is 6. The van der Waals surface area contributed by atoms with Gasteiger partial charge in [0.15, 0.2) is 0 Å². The van der Waals surface area contributed by atoms with Gasteiger partial charge in [-0.3, -0.25) is 9.59 Å². The number of piperazine rings is 1. The molecular formula is C28H32N6O5. The lowest BCUT2D eigenvalue weighted by Gasteiger charge is -2.32. The number of nitrogens with two attached hydrogens (primary N) is 1. The highest BCUT2D eigenvalue weighted by Gasteiger charge is 2.32. The number of hydrogen-bond acceptors (Lipinski definition) is 8. The van der Waals surface area contributed by atoms with Crippen molar-refractivity contribution in [1.82, 2.24) is 25.1 Å². The summed E-state index contributed by atoms with van der Waals surface area (Å²) in [6.07, 6.45) is 0.000718. The Bertz CT molecular complexity index is 1450. The van der Waals surface area contributed by atoms with Crippen molar-refractivity contribution in [3.05, 3.63) is 64.3 Å². The number of hydrogen-bond donors (Lipinski definition) is 3. The average molecular weight is 533 g/mol. The van der Waals surface area contributed by atoms with Crippen molar-refractivity contribution in [3.8, 4) is 0 Å². The number of nitrogens with one attached hydrogen (secondary N) is 1. The van der Waals surface area contributed by atoms with Crippen LogP contribution >= 0.6 is 0 Å². The fourth-order valence-corrected chi connectivity index (χ4v) is 5.23. The van der Waals surface area contributed by atoms with E-state index >= 15 is 0 Å². The molecule has 3 heterocycles. The van der Waals surface area contributed by atoms with E-state index in [1.807, 2.05) is 32.0 Å². The van der Waals surface area contributed by atoms with Crippen LogP contribution in [0.5, 0.6) is 0 Å². The Kier molecular flexibility index (Phi) is 7.09. The summed E-state index contributed by atoms with van der Waals surface area (Å²) >= 11 is 0. The summed E-state index contributed by atoms with van der Waals surface area (Å²) < 4.78 is 5.89. The molecule has 2 aliphatic rings. The lowest BCUT2D eigenvalue weighted by molar-refractivity contribution is -0.136. The number of nitrogens with zero attached hydrogens (tertiary/aromatic N) is 4. The number of ether oxygens (including phenoxy) is 1. The highest BCUT2D eigenvalue weighted by molar-refractivity contribution is 6.05. The van der Waals surface area contributed by atoms with Crippen LogP contribution in [0.3, 0.4) is 0 Å². The van der Waals surface area contributed by atoms with Crippen molar-refractivity contribution in [2.45, 2.75) is 45.4 Å². The topological polar surface area (TPSA) is 151 Å². The molecule has 0 atom stereocenters. The van der Waals surface area contributed by atoms with Crippen molar-refractivity contribution < 1.29 is 24.2 Å². The second-order valence-electron chi connectivity index (χ2n) is 10.6. The molecule has 1 fully saturated rings. The van der Waals surface area contributed by atoms with Crippen molar-refractivity contribution in [1.29, 1.82) is 0 Å². The molecule has 39 heavy (non-hydrogen) atoms. The standard InChI is InChI=1S/C28H32N6O5/c1-28(2,39-27(38)33-10-8-30-9-11-33)14-18-4-3-5-19-15-34(16-21(18)19)25(37)24-20-12-17(13-23(35)36)6-7-22(20)31-26(29)32-24/h3-7,12,30H,8-11,13-16H2,1-2H3,(H,35,36)(H2,29,31,32). The number of carboxylic acid groups (broad SMARTS) is 1. The van der Waals surface area contributed by atoms with E-state index in [2.05, 4.69) is 15.3 Å². The number of aliphatic carboxylic acids is 1. The number of carbonyl (C=O) groups is 3. The Morgan fingerprint density at radius 1 is 1.08 bits per heavy atom. The summed E-state index contributed by atoms with van der Waals surface area (Å²) in [5, 5.41) is 12.9. The molecule has 0 saturated carbocycles. The van der Waals surface area contributed by atoms with E-state index in [1.165, 1.54) is 0 Å². The Morgan fingerprint density at radius 3 is 2.59 bits per heavy atom. The Morgan fingerprint density at radius 2 is 1.85 bits per heavy atom. The molecule has 11 nitrogen and oxygen atoms in total. The van der Waals surface area contributed by atoms with E-state index in [9.17, 15) is 19.5 Å². The normalized spacial score (nSPS) is 15.3. The molecule has 1 saturated heterocycles. The van der Waals surface area contributed by atoms with Crippen LogP contribution in [-0.4, -0.2) is 74.6 Å². The maximum Gasteiger partial charge on any atom is 0.410 e. The molecule has 3 aromatic rings. The molecule has 11 heteroatoms. The number of aromatic nitrogens is 2. The number of benzene rings is 2. The monoisotopic (exact) mass is 532 g/mol. The highest BCUT2D eigenvalue weighted by Crippen LogP contribution is 2.31. The van der Waals surface area contributed by atoms with Crippen molar-refractivity contribution in [3.63, 3.8) is 0 Å². The Balaban J connectivity index is 1.36. The second-order valence-corrected chi connectivity index (χ2v) is 10.6. The van der Waals surface area contributed by atoms with Gasteiger partial charge in [0.05, 0.1) is 11.9 Å². The SMILES string of the molecule is CC(C)(Cc1cccc2c1CN(C(=O)c1nc(N)nc3ccc(CC(=O)O)cc13)C2)OC(=O)N1CCNCC1. The van der Waals surface area contributed by atoms with E-state index in [-0.39, 0.29) is 30.1 Å². The first-order chi connectivity index (χ1) is 18.6. The minimum atomic E-state index is -0.970. The van der Waals surface area contributed by atoms with Gasteiger partial charge in [-0.2, -0.15) is 0 Å². The lowest BCUT2D eigenvalue weighted by Crippen LogP contribution is -2.48. The zero-order chi connectivity index (χ0) is 27.7. The molecule has 0 radical (unpaired) electrons. The maximum absolute atomic E-state index is 13.7. The van der Waals surface area contributed by atoms with Crippen LogP contribution < -0.4 is 11.1 Å². The largest absolute Gasteiger partial charge is 0.481 e. The molecular weight excluding hydrogens is 500 g/mol. The van der Waals surface area contributed by atoms with E-state index < -0.39 is 11.6 Å². The van der Waals surface area contributed by atoms with Gasteiger partial charge >= 0.3 is 12.1 Å². The van der Waals surface area contributed by atoms with Gasteiger partial charge in [0.1, 0.15) is 11.3 Å². The quantitative estimate of drug-likeness (QED) is 0.434. The number of anilines is 1. The number of fused-ring (bicyclic) bond motifs is 2. The number of amides is 2. The summed E-state index contributed by atoms with van der Waals surface area (Å²) in [5.74, 6) is -1.31. The number of nitrogen functional groups attached to an aromatic ring is 1. The van der Waals surface area contributed by atoms with Crippen LogP contribution in [0.1, 0.15) is 46.6 Å². The second kappa shape index (κ2) is 10.5. The highest BCUT2D eigenvalue weighted by atomic mass is 16.6. The first kappa shape index (κ1) is 26.4. The third-order valence-electron chi connectivity index (χ3n) is 7.06. The molecule has 0 aliphatic carbocycles. The van der Waals surface area contributed by atoms with Gasteiger partial charge in [-0.05, 0) is 48.2 Å². The van der Waals surface area contributed by atoms with E-state index in [0.717, 1.165) is 29.8 Å². The molecule has 5 rings (SSSR count). The van der Waals surface area contributed by atoms with Crippen LogP contribution in [0, 0.1) is 0 Å². The lowest BCUT2D eigenvalue weighted by atomic mass is 9.93. The van der Waals surface area contributed by atoms with Gasteiger partial charge < -0.3 is 30.7 Å². The maximum atomic E-state index is 13.7. The zero-order valence-corrected chi connectivity index (χ0v) is 22.1. The van der Waals surface area contributed by atoms with Crippen LogP contribution in [0.25, 0.3) is 10.9 Å². The van der Waals surface area contributed by atoms with Crippen molar-refractivity contribution >= 4 is 34.8 Å². The molecule has 0 unspecified atom stereocenters. The van der Waals surface area contributed by atoms with Gasteiger partial charge in [-0.1, -0.05) is 24.3 Å². The summed E-state index contributed by atoms with van der Waals surface area (Å²) in [6.45, 7) is 7.29. The molecule has 0 bridgehead atoms. The zero-order valence-electron chi connectivity index (χ0n) is 22.1. The average Bonchev–Trinajstić information content (AvgIpc) is 3.33. The fourth-order valence-electron chi connectivity index (χ4n) is 5.23. The molecule has 2 amide bonds. The van der Waals surface area contributed by atoms with Crippen molar-refractivity contribution in [2.75, 3.05) is 31.9 Å². The molecule has 0 spiro atoms. The summed E-state index contributed by atoms with van der Waals surface area (Å²) in [5.41, 5.74) is 9.39. The number of carbonyl (C=O) groups excluding carboxylic acids is 2. The predicted molar refractivity (Wildman–Crippen MR) is 144 cm³/mol. The smallest absolute Gasteiger partial charge is 0.410 e. The summed E-state index contributed by atoms with van der Waals surface area (Å²) in [6, 6.07) is 10.9. The summed E-state index contributed by atoms with van der Waals surface area (Å²) in [4.78, 5) is 49.5. The van der Waals surface area contributed by atoms with E-state index in [4.69, 9.17) is 10.5 Å². The third-order valence-corrected chi connectivity index (χ3v) is 7.06. The van der Waals surface area contributed by atoms with Crippen LogP contribution in [-0.2, 0) is 35.5 Å². The minimum Gasteiger partial charge on any atom is -0.481 e. The first-order valence-corrected chi connectivity index (χ1v) is 12.9. The fraction of sp³-hybridized carbons (Fsp3) is 0.393. The molecule has 4 N–H and O–H groups in total. The molecule has 204 valence electrons. The van der Waals surface area contributed by atoms with Gasteiger partial charge in [0, 0.05) is 51.1 Å². The third kappa shape index (κ3) is 5.78. The number of carboxylic acids is 1. The molecule has 2 aliphatic heterocycles. The van der Waals surface area contributed by atoms with Gasteiger partial charge in [-0.15, -0.1) is 0 Å². The van der Waals surface area contributed by atoms with Crippen LogP contribution in [0.4, 0.5) is 10.7 Å². The predicted octanol–water partition coefficient (Wildman–Crippen LogP) is 2.36. The van der Waals surface area contributed by atoms with Crippen LogP contribution in [0.15, 0.2) is 36.4 Å². The van der Waals surface area contributed by atoms with Crippen LogP contribution in [0.2, 0.25) is 0 Å². The summed E-state index contributed by atoms with van der Waals surface area (Å²) in [7, 11) is 0. The minimum absolute atomic E-state index is 0.0257. The first-order valence-electron chi connectivity index (χ1n) is 12.9. The van der Waals surface area contributed by atoms with Gasteiger partial charge in [0.25, 0.3) is 5.91 Å². The molecule has 2 aromatic carbocycles. The van der Waals surface area contributed by atoms with Crippen molar-refractivity contribution in [2.24, 2.45) is 0 Å².